The fourth-order valence-corrected chi connectivity index (χ4v) is 2.84. The standard InChI is InChI=1S/C14H17O2P/c1-3-5-12-17(15,16-4-2)13-11-14-9-7-6-8-10-14/h3,6-10H,1,4-5,12H2,2H3. The third kappa shape index (κ3) is 5.04. The van der Waals surface area contributed by atoms with E-state index in [0.717, 1.165) is 5.56 Å². The van der Waals surface area contributed by atoms with Crippen molar-refractivity contribution in [1.82, 2.24) is 0 Å². The van der Waals surface area contributed by atoms with Gasteiger partial charge < -0.3 is 4.52 Å². The monoisotopic (exact) mass is 248 g/mol. The molecule has 0 aliphatic carbocycles. The van der Waals surface area contributed by atoms with Gasteiger partial charge in [-0.15, -0.1) is 6.58 Å². The average Bonchev–Trinajstić information content (AvgIpc) is 2.36. The van der Waals surface area contributed by atoms with Gasteiger partial charge in [-0.2, -0.15) is 0 Å². The summed E-state index contributed by atoms with van der Waals surface area (Å²) in [5.74, 6) is 2.91. The van der Waals surface area contributed by atoms with Crippen LogP contribution in [0.4, 0.5) is 0 Å². The maximum Gasteiger partial charge on any atom is 0.274 e. The zero-order valence-electron chi connectivity index (χ0n) is 10.1. The van der Waals surface area contributed by atoms with E-state index in [9.17, 15) is 4.57 Å². The molecular weight excluding hydrogens is 231 g/mol. The van der Waals surface area contributed by atoms with Crippen molar-refractivity contribution >= 4 is 7.37 Å². The smallest absolute Gasteiger partial charge is 0.274 e. The lowest BCUT2D eigenvalue weighted by atomic mass is 10.2. The van der Waals surface area contributed by atoms with Crippen LogP contribution in [0.25, 0.3) is 0 Å². The number of benzene rings is 1. The highest BCUT2D eigenvalue weighted by Crippen LogP contribution is 2.46. The van der Waals surface area contributed by atoms with Gasteiger partial charge in [-0.25, -0.2) is 0 Å². The van der Waals surface area contributed by atoms with Crippen LogP contribution in [0.3, 0.4) is 0 Å². The lowest BCUT2D eigenvalue weighted by Crippen LogP contribution is -1.92. The highest BCUT2D eigenvalue weighted by atomic mass is 31.2. The maximum atomic E-state index is 12.3. The van der Waals surface area contributed by atoms with E-state index in [4.69, 9.17) is 4.52 Å². The van der Waals surface area contributed by atoms with Crippen molar-refractivity contribution in [3.8, 4) is 11.6 Å². The van der Waals surface area contributed by atoms with Gasteiger partial charge in [0.15, 0.2) is 0 Å². The summed E-state index contributed by atoms with van der Waals surface area (Å²) in [7, 11) is -2.83. The topological polar surface area (TPSA) is 26.3 Å². The van der Waals surface area contributed by atoms with Crippen molar-refractivity contribution in [2.45, 2.75) is 13.3 Å². The van der Waals surface area contributed by atoms with Crippen molar-refractivity contribution in [2.24, 2.45) is 0 Å². The molecule has 0 heterocycles. The second kappa shape index (κ2) is 7.12. The van der Waals surface area contributed by atoms with Gasteiger partial charge in [-0.05, 0) is 31.1 Å². The van der Waals surface area contributed by atoms with Crippen LogP contribution in [-0.2, 0) is 9.09 Å². The van der Waals surface area contributed by atoms with Crippen LogP contribution >= 0.6 is 7.37 Å². The summed E-state index contributed by atoms with van der Waals surface area (Å²) in [6.45, 7) is 5.86. The normalized spacial score (nSPS) is 13.2. The molecule has 0 spiro atoms. The van der Waals surface area contributed by atoms with E-state index in [0.29, 0.717) is 19.2 Å². The minimum absolute atomic E-state index is 0.415. The predicted molar refractivity (Wildman–Crippen MR) is 72.2 cm³/mol. The largest absolute Gasteiger partial charge is 0.320 e. The molecule has 17 heavy (non-hydrogen) atoms. The molecule has 1 aromatic carbocycles. The summed E-state index contributed by atoms with van der Waals surface area (Å²) in [6, 6.07) is 9.50. The van der Waals surface area contributed by atoms with Gasteiger partial charge in [0, 0.05) is 11.7 Å². The molecule has 0 fully saturated rings. The van der Waals surface area contributed by atoms with E-state index >= 15 is 0 Å². The second-order valence-electron chi connectivity index (χ2n) is 3.49. The average molecular weight is 248 g/mol. The minimum atomic E-state index is -2.83. The molecule has 1 unspecified atom stereocenters. The van der Waals surface area contributed by atoms with E-state index in [-0.39, 0.29) is 0 Å². The summed E-state index contributed by atoms with van der Waals surface area (Å²) < 4.78 is 17.6. The summed E-state index contributed by atoms with van der Waals surface area (Å²) >= 11 is 0. The fourth-order valence-electron chi connectivity index (χ4n) is 1.29. The van der Waals surface area contributed by atoms with Crippen LogP contribution in [0, 0.1) is 11.6 Å². The molecule has 0 bridgehead atoms. The molecule has 2 nitrogen and oxygen atoms in total. The Morgan fingerprint density at radius 1 is 1.41 bits per heavy atom. The van der Waals surface area contributed by atoms with Crippen LogP contribution in [0.5, 0.6) is 0 Å². The van der Waals surface area contributed by atoms with Crippen LogP contribution in [0.15, 0.2) is 43.0 Å². The molecule has 90 valence electrons. The van der Waals surface area contributed by atoms with E-state index in [1.54, 1.807) is 6.08 Å². The Morgan fingerprint density at radius 2 is 2.12 bits per heavy atom. The molecule has 0 saturated carbocycles. The number of rotatable bonds is 5. The van der Waals surface area contributed by atoms with Crippen molar-refractivity contribution in [1.29, 1.82) is 0 Å². The first-order chi connectivity index (χ1) is 8.20. The number of hydrogen-bond donors (Lipinski definition) is 0. The third-order valence-electron chi connectivity index (χ3n) is 2.11. The van der Waals surface area contributed by atoms with E-state index in [1.165, 1.54) is 0 Å². The molecule has 1 rings (SSSR count). The molecule has 1 aromatic rings. The van der Waals surface area contributed by atoms with Gasteiger partial charge in [0.2, 0.25) is 0 Å². The van der Waals surface area contributed by atoms with Crippen LogP contribution in [0.1, 0.15) is 18.9 Å². The number of hydrogen-bond acceptors (Lipinski definition) is 2. The highest BCUT2D eigenvalue weighted by molar-refractivity contribution is 7.64. The zero-order valence-corrected chi connectivity index (χ0v) is 11.0. The van der Waals surface area contributed by atoms with E-state index in [2.05, 4.69) is 18.2 Å². The molecule has 0 saturated heterocycles. The molecule has 0 aliphatic rings. The molecule has 0 radical (unpaired) electrons. The van der Waals surface area contributed by atoms with Crippen LogP contribution < -0.4 is 0 Å². The van der Waals surface area contributed by atoms with Crippen molar-refractivity contribution in [2.75, 3.05) is 12.8 Å². The van der Waals surface area contributed by atoms with Crippen LogP contribution in [0.2, 0.25) is 0 Å². The lowest BCUT2D eigenvalue weighted by molar-refractivity contribution is 0.341. The molecule has 0 N–H and O–H groups in total. The summed E-state index contributed by atoms with van der Waals surface area (Å²) in [5, 5.41) is 0. The van der Waals surface area contributed by atoms with Crippen molar-refractivity contribution < 1.29 is 9.09 Å². The second-order valence-corrected chi connectivity index (χ2v) is 5.77. The molecule has 0 aliphatic heterocycles. The first-order valence-electron chi connectivity index (χ1n) is 5.63. The molecular formula is C14H17O2P. The molecule has 0 amide bonds. The fraction of sp³-hybridized carbons (Fsp3) is 0.286. The number of allylic oxidation sites excluding steroid dienone is 1. The zero-order chi connectivity index (χ0) is 12.6. The van der Waals surface area contributed by atoms with Crippen LogP contribution in [-0.4, -0.2) is 12.8 Å². The lowest BCUT2D eigenvalue weighted by Gasteiger charge is -2.09. The maximum absolute atomic E-state index is 12.3. The first-order valence-corrected chi connectivity index (χ1v) is 7.44. The molecule has 1 atom stereocenters. The predicted octanol–water partition coefficient (Wildman–Crippen LogP) is 3.89. The van der Waals surface area contributed by atoms with Gasteiger partial charge in [-0.3, -0.25) is 4.57 Å². The SMILES string of the molecule is C=CCCP(=O)(C#Cc1ccccc1)OCC. The first kappa shape index (κ1) is 13.8. The Balaban J connectivity index is 2.83. The van der Waals surface area contributed by atoms with Gasteiger partial charge in [0.05, 0.1) is 6.61 Å². The highest BCUT2D eigenvalue weighted by Gasteiger charge is 2.17. The Morgan fingerprint density at radius 3 is 2.71 bits per heavy atom. The van der Waals surface area contributed by atoms with Crippen molar-refractivity contribution in [3.63, 3.8) is 0 Å². The minimum Gasteiger partial charge on any atom is -0.320 e. The van der Waals surface area contributed by atoms with Gasteiger partial charge in [0.25, 0.3) is 7.37 Å². The quantitative estimate of drug-likeness (QED) is 0.449. The molecule has 0 aromatic heterocycles. The van der Waals surface area contributed by atoms with Gasteiger partial charge >= 0.3 is 0 Å². The Kier molecular flexibility index (Phi) is 5.77. The van der Waals surface area contributed by atoms with Gasteiger partial charge in [0.1, 0.15) is 0 Å². The molecule has 3 heteroatoms. The van der Waals surface area contributed by atoms with Crippen molar-refractivity contribution in [3.05, 3.63) is 48.6 Å². The Hall–Kier alpha value is -1.29. The summed E-state index contributed by atoms with van der Waals surface area (Å²) in [5.41, 5.74) is 3.64. The summed E-state index contributed by atoms with van der Waals surface area (Å²) in [6.07, 6.45) is 2.82. The van der Waals surface area contributed by atoms with E-state index in [1.807, 2.05) is 37.3 Å². The Bertz CT molecular complexity index is 454. The third-order valence-corrected chi connectivity index (χ3v) is 4.08. The van der Waals surface area contributed by atoms with E-state index < -0.39 is 7.37 Å². The Labute approximate surface area is 103 Å². The van der Waals surface area contributed by atoms with Gasteiger partial charge in [-0.1, -0.05) is 30.2 Å². The summed E-state index contributed by atoms with van der Waals surface area (Å²) in [4.78, 5) is 0.